The summed E-state index contributed by atoms with van der Waals surface area (Å²) in [4.78, 5) is 17.0. The molecule has 2 bridgehead atoms. The van der Waals surface area contributed by atoms with E-state index in [0.717, 1.165) is 36.1 Å². The zero-order chi connectivity index (χ0) is 15.1. The molecule has 0 saturated carbocycles. The number of H-pyrrole nitrogens is 1. The summed E-state index contributed by atoms with van der Waals surface area (Å²) >= 11 is 0. The number of likely N-dealkylation sites (N-methyl/N-ethyl adjacent to an activating group) is 1. The van der Waals surface area contributed by atoms with E-state index in [1.807, 2.05) is 23.1 Å². The number of carbonyl (C=O) groups is 1. The van der Waals surface area contributed by atoms with Crippen molar-refractivity contribution in [1.82, 2.24) is 20.0 Å². The van der Waals surface area contributed by atoms with Crippen LogP contribution in [0.4, 0.5) is 10.5 Å². The van der Waals surface area contributed by atoms with Crippen molar-refractivity contribution in [3.63, 3.8) is 0 Å². The van der Waals surface area contributed by atoms with E-state index in [4.69, 9.17) is 0 Å². The highest BCUT2D eigenvalue weighted by Crippen LogP contribution is 2.28. The van der Waals surface area contributed by atoms with Crippen molar-refractivity contribution in [3.8, 4) is 0 Å². The van der Waals surface area contributed by atoms with Crippen LogP contribution in [-0.2, 0) is 0 Å². The van der Waals surface area contributed by atoms with E-state index in [0.29, 0.717) is 12.1 Å². The van der Waals surface area contributed by atoms with Crippen molar-refractivity contribution in [1.29, 1.82) is 0 Å². The number of carbonyl (C=O) groups excluding carboxylic acids is 1. The molecule has 4 rings (SSSR count). The fraction of sp³-hybridized carbons (Fsp3) is 0.500. The van der Waals surface area contributed by atoms with Crippen LogP contribution in [0.3, 0.4) is 0 Å². The minimum Gasteiger partial charge on any atom is -0.323 e. The number of aromatic nitrogens is 2. The van der Waals surface area contributed by atoms with E-state index in [9.17, 15) is 4.79 Å². The number of nitrogens with zero attached hydrogens (tertiary/aromatic N) is 3. The highest BCUT2D eigenvalue weighted by atomic mass is 16.2. The van der Waals surface area contributed by atoms with Gasteiger partial charge in [0.15, 0.2) is 0 Å². The fourth-order valence-corrected chi connectivity index (χ4v) is 3.71. The molecule has 6 heteroatoms. The Bertz CT molecular complexity index is 697. The van der Waals surface area contributed by atoms with E-state index in [2.05, 4.69) is 27.5 Å². The third-order valence-electron chi connectivity index (χ3n) is 5.13. The second kappa shape index (κ2) is 5.28. The topological polar surface area (TPSA) is 64.3 Å². The summed E-state index contributed by atoms with van der Waals surface area (Å²) in [5, 5.41) is 11.0. The number of anilines is 1. The average molecular weight is 299 g/mol. The Balaban J connectivity index is 1.47. The molecule has 2 aliphatic rings. The van der Waals surface area contributed by atoms with E-state index < -0.39 is 0 Å². The SMILES string of the molecule is CN1[C@@H]2CC[C@H]1CN(C(=O)Nc1ccc3cn[nH]c3c1)CC2. The molecule has 116 valence electrons. The van der Waals surface area contributed by atoms with Gasteiger partial charge in [0.1, 0.15) is 0 Å². The van der Waals surface area contributed by atoms with Gasteiger partial charge in [-0.25, -0.2) is 4.79 Å². The monoisotopic (exact) mass is 299 g/mol. The van der Waals surface area contributed by atoms with Crippen molar-refractivity contribution in [2.24, 2.45) is 0 Å². The number of amides is 2. The van der Waals surface area contributed by atoms with Crippen molar-refractivity contribution >= 4 is 22.6 Å². The van der Waals surface area contributed by atoms with Crippen molar-refractivity contribution in [3.05, 3.63) is 24.4 Å². The van der Waals surface area contributed by atoms with Crippen LogP contribution >= 0.6 is 0 Å². The summed E-state index contributed by atoms with van der Waals surface area (Å²) in [6.45, 7) is 1.66. The summed E-state index contributed by atoms with van der Waals surface area (Å²) < 4.78 is 0. The zero-order valence-electron chi connectivity index (χ0n) is 12.7. The van der Waals surface area contributed by atoms with Crippen LogP contribution in [0.2, 0.25) is 0 Å². The third-order valence-corrected chi connectivity index (χ3v) is 5.13. The molecule has 1 aromatic carbocycles. The van der Waals surface area contributed by atoms with Crippen LogP contribution in [-0.4, -0.2) is 58.2 Å². The molecule has 2 atom stereocenters. The second-order valence-corrected chi connectivity index (χ2v) is 6.39. The number of likely N-dealkylation sites (tertiary alicyclic amines) is 1. The molecular weight excluding hydrogens is 278 g/mol. The first-order valence-electron chi connectivity index (χ1n) is 7.92. The minimum atomic E-state index is -0.000171. The van der Waals surface area contributed by atoms with Gasteiger partial charge in [-0.15, -0.1) is 0 Å². The quantitative estimate of drug-likeness (QED) is 0.849. The van der Waals surface area contributed by atoms with Crippen LogP contribution in [0, 0.1) is 0 Å². The van der Waals surface area contributed by atoms with Gasteiger partial charge in [0.2, 0.25) is 0 Å². The maximum absolute atomic E-state index is 12.5. The lowest BCUT2D eigenvalue weighted by molar-refractivity contribution is 0.200. The first kappa shape index (κ1) is 13.6. The van der Waals surface area contributed by atoms with Crippen molar-refractivity contribution in [2.75, 3.05) is 25.5 Å². The zero-order valence-corrected chi connectivity index (χ0v) is 12.7. The fourth-order valence-electron chi connectivity index (χ4n) is 3.71. The number of hydrogen-bond acceptors (Lipinski definition) is 3. The second-order valence-electron chi connectivity index (χ2n) is 6.39. The number of aromatic amines is 1. The number of hydrogen-bond donors (Lipinski definition) is 2. The Morgan fingerprint density at radius 1 is 1.32 bits per heavy atom. The van der Waals surface area contributed by atoms with Gasteiger partial charge in [-0.3, -0.25) is 10.00 Å². The van der Waals surface area contributed by atoms with Gasteiger partial charge in [-0.05, 0) is 44.5 Å². The molecule has 2 aromatic rings. The smallest absolute Gasteiger partial charge is 0.321 e. The Labute approximate surface area is 129 Å². The largest absolute Gasteiger partial charge is 0.323 e. The highest BCUT2D eigenvalue weighted by molar-refractivity contribution is 5.92. The van der Waals surface area contributed by atoms with Crippen molar-refractivity contribution in [2.45, 2.75) is 31.3 Å². The van der Waals surface area contributed by atoms with E-state index in [-0.39, 0.29) is 6.03 Å². The lowest BCUT2D eigenvalue weighted by atomic mass is 10.1. The molecule has 2 amide bonds. The summed E-state index contributed by atoms with van der Waals surface area (Å²) in [5.74, 6) is 0. The molecule has 2 fully saturated rings. The highest BCUT2D eigenvalue weighted by Gasteiger charge is 2.35. The van der Waals surface area contributed by atoms with Gasteiger partial charge in [-0.2, -0.15) is 5.10 Å². The molecule has 2 aliphatic heterocycles. The van der Waals surface area contributed by atoms with Crippen LogP contribution in [0.15, 0.2) is 24.4 Å². The Kier molecular flexibility index (Phi) is 3.26. The van der Waals surface area contributed by atoms with Crippen LogP contribution < -0.4 is 5.32 Å². The normalized spacial score (nSPS) is 25.4. The molecule has 0 spiro atoms. The number of rotatable bonds is 1. The molecule has 0 unspecified atom stereocenters. The van der Waals surface area contributed by atoms with Gasteiger partial charge < -0.3 is 10.2 Å². The first-order valence-corrected chi connectivity index (χ1v) is 7.92. The standard InChI is InChI=1S/C16H21N5O/c1-20-13-4-5-14(20)10-21(7-6-13)16(22)18-12-3-2-11-9-17-19-15(11)8-12/h2-3,8-9,13-14H,4-7,10H2,1H3,(H,17,19)(H,18,22)/t13-,14+/m1/s1. The van der Waals surface area contributed by atoms with Crippen LogP contribution in [0.25, 0.3) is 10.9 Å². The number of nitrogens with one attached hydrogen (secondary N) is 2. The maximum atomic E-state index is 12.5. The Morgan fingerprint density at radius 2 is 2.18 bits per heavy atom. The first-order chi connectivity index (χ1) is 10.7. The maximum Gasteiger partial charge on any atom is 0.321 e. The molecule has 6 nitrogen and oxygen atoms in total. The Morgan fingerprint density at radius 3 is 3.09 bits per heavy atom. The third kappa shape index (κ3) is 2.33. The summed E-state index contributed by atoms with van der Waals surface area (Å²) in [5.41, 5.74) is 1.75. The number of fused-ring (bicyclic) bond motifs is 3. The molecule has 1 aromatic heterocycles. The lowest BCUT2D eigenvalue weighted by Gasteiger charge is -2.26. The van der Waals surface area contributed by atoms with Gasteiger partial charge in [-0.1, -0.05) is 0 Å². The molecule has 0 radical (unpaired) electrons. The van der Waals surface area contributed by atoms with Gasteiger partial charge >= 0.3 is 6.03 Å². The summed E-state index contributed by atoms with van der Waals surface area (Å²) in [6.07, 6.45) is 5.32. The average Bonchev–Trinajstić information content (AvgIpc) is 3.03. The lowest BCUT2D eigenvalue weighted by Crippen LogP contribution is -2.41. The predicted molar refractivity (Wildman–Crippen MR) is 85.9 cm³/mol. The number of benzene rings is 1. The summed E-state index contributed by atoms with van der Waals surface area (Å²) in [7, 11) is 2.19. The molecule has 3 heterocycles. The summed E-state index contributed by atoms with van der Waals surface area (Å²) in [6, 6.07) is 6.96. The predicted octanol–water partition coefficient (Wildman–Crippen LogP) is 2.26. The van der Waals surface area contributed by atoms with Crippen LogP contribution in [0.5, 0.6) is 0 Å². The van der Waals surface area contributed by atoms with E-state index in [1.165, 1.54) is 12.8 Å². The number of urea groups is 1. The molecule has 2 saturated heterocycles. The van der Waals surface area contributed by atoms with Crippen LogP contribution in [0.1, 0.15) is 19.3 Å². The van der Waals surface area contributed by atoms with E-state index in [1.54, 1.807) is 6.20 Å². The Hall–Kier alpha value is -2.08. The minimum absolute atomic E-state index is 0.000171. The molecule has 2 N–H and O–H groups in total. The van der Waals surface area contributed by atoms with Gasteiger partial charge in [0, 0.05) is 36.2 Å². The van der Waals surface area contributed by atoms with Gasteiger partial charge in [0.25, 0.3) is 0 Å². The van der Waals surface area contributed by atoms with Crippen molar-refractivity contribution < 1.29 is 4.79 Å². The molecular formula is C16H21N5O. The molecule has 0 aliphatic carbocycles. The van der Waals surface area contributed by atoms with Gasteiger partial charge in [0.05, 0.1) is 11.7 Å². The van der Waals surface area contributed by atoms with E-state index >= 15 is 0 Å². The molecule has 22 heavy (non-hydrogen) atoms.